The van der Waals surface area contributed by atoms with Gasteiger partial charge >= 0.3 is 0 Å². The van der Waals surface area contributed by atoms with Crippen LogP contribution in [0, 0.1) is 5.92 Å². The van der Waals surface area contributed by atoms with Gasteiger partial charge in [-0.05, 0) is 30.5 Å². The Morgan fingerprint density at radius 1 is 1.32 bits per heavy atom. The number of piperidine rings is 1. The summed E-state index contributed by atoms with van der Waals surface area (Å²) < 4.78 is 28.4. The molecule has 2 aromatic rings. The van der Waals surface area contributed by atoms with Crippen LogP contribution in [0.15, 0.2) is 41.7 Å². The van der Waals surface area contributed by atoms with Crippen LogP contribution in [-0.2, 0) is 28.4 Å². The van der Waals surface area contributed by atoms with Crippen molar-refractivity contribution < 1.29 is 18.0 Å². The third-order valence-corrected chi connectivity index (χ3v) is 6.75. The average Bonchev–Trinajstić information content (AvgIpc) is 3.10. The second-order valence-electron chi connectivity index (χ2n) is 6.79. The minimum absolute atomic E-state index is 0.0308. The largest absolute Gasteiger partial charge is 0.364 e. The Morgan fingerprint density at radius 3 is 2.61 bits per heavy atom. The topological polar surface area (TPSA) is 127 Å². The molecule has 2 amide bonds. The van der Waals surface area contributed by atoms with Crippen molar-refractivity contribution in [3.05, 3.63) is 48.0 Å². The van der Waals surface area contributed by atoms with Gasteiger partial charge in [0.05, 0.1) is 0 Å². The lowest BCUT2D eigenvalue weighted by molar-refractivity contribution is -0.126. The third kappa shape index (κ3) is 4.23. The zero-order chi connectivity index (χ0) is 20.3. The Bertz CT molecular complexity index is 963. The van der Waals surface area contributed by atoms with Crippen LogP contribution in [0.25, 0.3) is 0 Å². The maximum absolute atomic E-state index is 12.8. The van der Waals surface area contributed by atoms with Crippen LogP contribution in [-0.4, -0.2) is 47.2 Å². The maximum Gasteiger partial charge on any atom is 0.265 e. The number of pyridine rings is 1. The van der Waals surface area contributed by atoms with Gasteiger partial charge in [0, 0.05) is 51.2 Å². The van der Waals surface area contributed by atoms with E-state index in [0.29, 0.717) is 19.4 Å². The van der Waals surface area contributed by atoms with Gasteiger partial charge < -0.3 is 15.6 Å². The van der Waals surface area contributed by atoms with E-state index in [1.54, 1.807) is 25.5 Å². The normalized spacial score (nSPS) is 16.0. The number of nitrogens with zero attached hydrogens (tertiary/aromatic N) is 3. The fourth-order valence-corrected chi connectivity index (χ4v) is 4.81. The van der Waals surface area contributed by atoms with Gasteiger partial charge in [-0.2, -0.15) is 4.31 Å². The first-order valence-corrected chi connectivity index (χ1v) is 10.4. The summed E-state index contributed by atoms with van der Waals surface area (Å²) in [4.78, 5) is 27.8. The summed E-state index contributed by atoms with van der Waals surface area (Å²) in [6, 6.07) is 4.96. The minimum Gasteiger partial charge on any atom is -0.364 e. The predicted octanol–water partition coefficient (Wildman–Crippen LogP) is 0.236. The first kappa shape index (κ1) is 20.0. The zero-order valence-corrected chi connectivity index (χ0v) is 16.4. The second-order valence-corrected chi connectivity index (χ2v) is 8.73. The second kappa shape index (κ2) is 8.11. The van der Waals surface area contributed by atoms with E-state index in [1.807, 2.05) is 6.07 Å². The molecule has 10 heteroatoms. The Morgan fingerprint density at radius 2 is 2.04 bits per heavy atom. The zero-order valence-electron chi connectivity index (χ0n) is 15.5. The van der Waals surface area contributed by atoms with E-state index in [1.165, 1.54) is 21.1 Å². The van der Waals surface area contributed by atoms with E-state index >= 15 is 0 Å². The van der Waals surface area contributed by atoms with Crippen molar-refractivity contribution in [2.75, 3.05) is 13.1 Å². The molecule has 3 rings (SSSR count). The molecule has 0 bridgehead atoms. The highest BCUT2D eigenvalue weighted by atomic mass is 32.2. The number of aryl methyl sites for hydroxylation is 1. The van der Waals surface area contributed by atoms with Crippen LogP contribution in [0.3, 0.4) is 0 Å². The van der Waals surface area contributed by atoms with Gasteiger partial charge in [0.1, 0.15) is 10.6 Å². The molecule has 0 atom stereocenters. The number of carbonyl (C=O) groups is 2. The lowest BCUT2D eigenvalue weighted by Gasteiger charge is -2.30. The molecule has 28 heavy (non-hydrogen) atoms. The van der Waals surface area contributed by atoms with Crippen molar-refractivity contribution in [1.82, 2.24) is 19.2 Å². The number of aromatic nitrogens is 2. The van der Waals surface area contributed by atoms with Crippen LogP contribution in [0.4, 0.5) is 0 Å². The van der Waals surface area contributed by atoms with Crippen molar-refractivity contribution in [2.24, 2.45) is 18.7 Å². The molecular weight excluding hydrogens is 382 g/mol. The molecule has 0 aliphatic carbocycles. The van der Waals surface area contributed by atoms with Gasteiger partial charge in [-0.1, -0.05) is 6.07 Å². The summed E-state index contributed by atoms with van der Waals surface area (Å²) in [7, 11) is -2.17. The molecule has 0 spiro atoms. The Labute approximate surface area is 163 Å². The van der Waals surface area contributed by atoms with Crippen molar-refractivity contribution >= 4 is 21.8 Å². The number of amides is 2. The molecule has 3 N–H and O–H groups in total. The average molecular weight is 405 g/mol. The van der Waals surface area contributed by atoms with Gasteiger partial charge in [-0.3, -0.25) is 14.6 Å². The number of nitrogens with two attached hydrogens (primary N) is 1. The van der Waals surface area contributed by atoms with E-state index in [4.69, 9.17) is 5.73 Å². The molecule has 150 valence electrons. The van der Waals surface area contributed by atoms with E-state index in [2.05, 4.69) is 10.3 Å². The SMILES string of the molecule is Cn1cc(S(=O)(=O)N2CCC(C(=O)NCc3cccnc3)CC2)cc1C(N)=O. The van der Waals surface area contributed by atoms with Gasteiger partial charge in [-0.25, -0.2) is 8.42 Å². The first-order valence-electron chi connectivity index (χ1n) is 8.92. The molecule has 0 unspecified atom stereocenters. The number of primary amides is 1. The molecule has 0 radical (unpaired) electrons. The molecule has 0 saturated carbocycles. The van der Waals surface area contributed by atoms with Crippen molar-refractivity contribution in [3.63, 3.8) is 0 Å². The fourth-order valence-electron chi connectivity index (χ4n) is 3.26. The number of rotatable bonds is 6. The van der Waals surface area contributed by atoms with E-state index in [9.17, 15) is 18.0 Å². The van der Waals surface area contributed by atoms with Gasteiger partial charge in [0.2, 0.25) is 15.9 Å². The Hall–Kier alpha value is -2.72. The quantitative estimate of drug-likeness (QED) is 0.711. The Balaban J connectivity index is 1.59. The van der Waals surface area contributed by atoms with Crippen LogP contribution in [0.1, 0.15) is 28.9 Å². The summed E-state index contributed by atoms with van der Waals surface area (Å²) in [6.07, 6.45) is 5.61. The Kier molecular flexibility index (Phi) is 5.80. The van der Waals surface area contributed by atoms with Gasteiger partial charge in [0.25, 0.3) is 5.91 Å². The van der Waals surface area contributed by atoms with Crippen LogP contribution < -0.4 is 11.1 Å². The maximum atomic E-state index is 12.8. The molecule has 1 saturated heterocycles. The van der Waals surface area contributed by atoms with Crippen LogP contribution in [0.2, 0.25) is 0 Å². The molecule has 0 aromatic carbocycles. The van der Waals surface area contributed by atoms with E-state index in [-0.39, 0.29) is 35.5 Å². The highest BCUT2D eigenvalue weighted by Crippen LogP contribution is 2.25. The van der Waals surface area contributed by atoms with Crippen molar-refractivity contribution in [1.29, 1.82) is 0 Å². The summed E-state index contributed by atoms with van der Waals surface area (Å²) in [5.74, 6) is -1.01. The van der Waals surface area contributed by atoms with Crippen molar-refractivity contribution in [2.45, 2.75) is 24.3 Å². The summed E-state index contributed by atoms with van der Waals surface area (Å²) in [5.41, 5.74) is 6.29. The van der Waals surface area contributed by atoms with Crippen LogP contribution >= 0.6 is 0 Å². The predicted molar refractivity (Wildman–Crippen MR) is 101 cm³/mol. The third-order valence-electron chi connectivity index (χ3n) is 4.88. The minimum atomic E-state index is -3.74. The lowest BCUT2D eigenvalue weighted by atomic mass is 9.97. The number of hydrogen-bond donors (Lipinski definition) is 2. The van der Waals surface area contributed by atoms with E-state index in [0.717, 1.165) is 5.56 Å². The smallest absolute Gasteiger partial charge is 0.265 e. The van der Waals surface area contributed by atoms with Crippen LogP contribution in [0.5, 0.6) is 0 Å². The lowest BCUT2D eigenvalue weighted by Crippen LogP contribution is -2.42. The number of sulfonamides is 1. The first-order chi connectivity index (χ1) is 13.3. The van der Waals surface area contributed by atoms with Gasteiger partial charge in [-0.15, -0.1) is 0 Å². The molecule has 1 fully saturated rings. The monoisotopic (exact) mass is 405 g/mol. The van der Waals surface area contributed by atoms with Gasteiger partial charge in [0.15, 0.2) is 0 Å². The number of carbonyl (C=O) groups excluding carboxylic acids is 2. The van der Waals surface area contributed by atoms with Crippen molar-refractivity contribution in [3.8, 4) is 0 Å². The molecule has 3 heterocycles. The molecule has 1 aliphatic rings. The fraction of sp³-hybridized carbons (Fsp3) is 0.389. The number of nitrogens with one attached hydrogen (secondary N) is 1. The molecule has 2 aromatic heterocycles. The highest BCUT2D eigenvalue weighted by molar-refractivity contribution is 7.89. The highest BCUT2D eigenvalue weighted by Gasteiger charge is 2.33. The molecular formula is C18H23N5O4S. The number of hydrogen-bond acceptors (Lipinski definition) is 5. The summed E-state index contributed by atoms with van der Waals surface area (Å²) >= 11 is 0. The standard InChI is InChI=1S/C18H23N5O4S/c1-22-12-15(9-16(22)17(19)24)28(26,27)23-7-4-14(5-8-23)18(25)21-11-13-3-2-6-20-10-13/h2-3,6,9-10,12,14H,4-5,7-8,11H2,1H3,(H2,19,24)(H,21,25). The van der Waals surface area contributed by atoms with E-state index < -0.39 is 15.9 Å². The summed E-state index contributed by atoms with van der Waals surface area (Å²) in [5, 5.41) is 2.88. The molecule has 9 nitrogen and oxygen atoms in total. The molecule has 1 aliphatic heterocycles. The summed E-state index contributed by atoms with van der Waals surface area (Å²) in [6.45, 7) is 0.882.